The van der Waals surface area contributed by atoms with Crippen molar-refractivity contribution in [2.24, 2.45) is 5.73 Å². The number of fused-ring (bicyclic) bond motifs is 1. The maximum absolute atomic E-state index is 5.66. The van der Waals surface area contributed by atoms with E-state index >= 15 is 0 Å². The van der Waals surface area contributed by atoms with E-state index in [2.05, 4.69) is 30.4 Å². The molecule has 1 atom stereocenters. The van der Waals surface area contributed by atoms with Crippen molar-refractivity contribution in [3.8, 4) is 0 Å². The summed E-state index contributed by atoms with van der Waals surface area (Å²) in [5, 5.41) is 3.35. The van der Waals surface area contributed by atoms with E-state index in [-0.39, 0.29) is 0 Å². The van der Waals surface area contributed by atoms with Crippen LogP contribution in [-0.4, -0.2) is 13.1 Å². The number of anilines is 1. The summed E-state index contributed by atoms with van der Waals surface area (Å²) in [6, 6.07) is 6.50. The summed E-state index contributed by atoms with van der Waals surface area (Å²) in [5.41, 5.74) is 9.62. The maximum Gasteiger partial charge on any atom is 0.0377 e. The van der Waals surface area contributed by atoms with E-state index in [1.807, 2.05) is 0 Å². The fourth-order valence-corrected chi connectivity index (χ4v) is 1.73. The van der Waals surface area contributed by atoms with Crippen LogP contribution in [0.2, 0.25) is 0 Å². The van der Waals surface area contributed by atoms with Crippen molar-refractivity contribution in [2.45, 2.75) is 12.8 Å². The lowest BCUT2D eigenvalue weighted by Gasteiger charge is -2.06. The number of rotatable bonds is 1. The summed E-state index contributed by atoms with van der Waals surface area (Å²) in [4.78, 5) is 0. The first-order chi connectivity index (χ1) is 5.81. The third-order valence-electron chi connectivity index (χ3n) is 2.47. The Balaban J connectivity index is 2.42. The standard InChI is InChI=1S/C10H14N2/c1-7-2-3-10-9(4-7)8(5-11)6-12-10/h2-4,8,12H,5-6,11H2,1H3. The molecule has 1 aliphatic heterocycles. The molecule has 64 valence electrons. The zero-order chi connectivity index (χ0) is 8.55. The normalized spacial score (nSPS) is 20.3. The molecule has 0 aliphatic carbocycles. The molecule has 2 nitrogen and oxygen atoms in total. The van der Waals surface area contributed by atoms with Gasteiger partial charge in [0.05, 0.1) is 0 Å². The first-order valence-electron chi connectivity index (χ1n) is 4.36. The van der Waals surface area contributed by atoms with Crippen LogP contribution in [0.4, 0.5) is 5.69 Å². The van der Waals surface area contributed by atoms with Crippen LogP contribution in [-0.2, 0) is 0 Å². The molecule has 0 amide bonds. The molecule has 0 fully saturated rings. The van der Waals surface area contributed by atoms with Crippen molar-refractivity contribution < 1.29 is 0 Å². The third kappa shape index (κ3) is 1.08. The van der Waals surface area contributed by atoms with Gasteiger partial charge in [-0.25, -0.2) is 0 Å². The molecule has 1 aliphatic rings. The summed E-state index contributed by atoms with van der Waals surface area (Å²) in [5.74, 6) is 0.514. The maximum atomic E-state index is 5.66. The molecule has 3 N–H and O–H groups in total. The lowest BCUT2D eigenvalue weighted by Crippen LogP contribution is -2.13. The highest BCUT2D eigenvalue weighted by Crippen LogP contribution is 2.30. The second-order valence-corrected chi connectivity index (χ2v) is 3.40. The van der Waals surface area contributed by atoms with Gasteiger partial charge in [-0.15, -0.1) is 0 Å². The van der Waals surface area contributed by atoms with Crippen molar-refractivity contribution in [2.75, 3.05) is 18.4 Å². The Labute approximate surface area is 72.8 Å². The van der Waals surface area contributed by atoms with E-state index in [0.717, 1.165) is 13.1 Å². The highest BCUT2D eigenvalue weighted by atomic mass is 14.9. The average Bonchev–Trinajstić information content (AvgIpc) is 2.46. The predicted molar refractivity (Wildman–Crippen MR) is 51.5 cm³/mol. The van der Waals surface area contributed by atoms with Crippen molar-refractivity contribution >= 4 is 5.69 Å². The Hall–Kier alpha value is -1.02. The van der Waals surface area contributed by atoms with Gasteiger partial charge in [0, 0.05) is 24.7 Å². The van der Waals surface area contributed by atoms with Crippen LogP contribution in [0.1, 0.15) is 17.0 Å². The zero-order valence-corrected chi connectivity index (χ0v) is 7.30. The van der Waals surface area contributed by atoms with Gasteiger partial charge < -0.3 is 11.1 Å². The van der Waals surface area contributed by atoms with E-state index in [0.29, 0.717) is 5.92 Å². The summed E-state index contributed by atoms with van der Waals surface area (Å²) < 4.78 is 0. The van der Waals surface area contributed by atoms with E-state index in [1.165, 1.54) is 16.8 Å². The first-order valence-corrected chi connectivity index (χ1v) is 4.36. The zero-order valence-electron chi connectivity index (χ0n) is 7.30. The lowest BCUT2D eigenvalue weighted by molar-refractivity contribution is 0.766. The minimum Gasteiger partial charge on any atom is -0.384 e. The van der Waals surface area contributed by atoms with Gasteiger partial charge in [0.2, 0.25) is 0 Å². The average molecular weight is 162 g/mol. The number of aryl methyl sites for hydroxylation is 1. The van der Waals surface area contributed by atoms with Crippen LogP contribution in [0.15, 0.2) is 18.2 Å². The Bertz CT molecular complexity index is 294. The van der Waals surface area contributed by atoms with Gasteiger partial charge in [0.15, 0.2) is 0 Å². The van der Waals surface area contributed by atoms with Crippen LogP contribution in [0.5, 0.6) is 0 Å². The van der Waals surface area contributed by atoms with E-state index in [9.17, 15) is 0 Å². The highest BCUT2D eigenvalue weighted by molar-refractivity contribution is 5.58. The number of hydrogen-bond donors (Lipinski definition) is 2. The summed E-state index contributed by atoms with van der Waals surface area (Å²) in [6.45, 7) is 3.85. The minimum absolute atomic E-state index is 0.514. The summed E-state index contributed by atoms with van der Waals surface area (Å²) >= 11 is 0. The fraction of sp³-hybridized carbons (Fsp3) is 0.400. The summed E-state index contributed by atoms with van der Waals surface area (Å²) in [7, 11) is 0. The Morgan fingerprint density at radius 2 is 2.42 bits per heavy atom. The molecular formula is C10H14N2. The van der Waals surface area contributed by atoms with Gasteiger partial charge >= 0.3 is 0 Å². The molecule has 0 bridgehead atoms. The van der Waals surface area contributed by atoms with Gasteiger partial charge in [-0.1, -0.05) is 17.7 Å². The minimum atomic E-state index is 0.514. The van der Waals surface area contributed by atoms with E-state index in [1.54, 1.807) is 0 Å². The lowest BCUT2D eigenvalue weighted by atomic mass is 10.00. The Kier molecular flexibility index (Phi) is 1.77. The first kappa shape index (κ1) is 7.62. The number of nitrogens with two attached hydrogens (primary N) is 1. The second kappa shape index (κ2) is 2.79. The molecule has 0 aromatic heterocycles. The highest BCUT2D eigenvalue weighted by Gasteiger charge is 2.19. The van der Waals surface area contributed by atoms with Crippen LogP contribution in [0.3, 0.4) is 0 Å². The van der Waals surface area contributed by atoms with Crippen molar-refractivity contribution in [1.29, 1.82) is 0 Å². The largest absolute Gasteiger partial charge is 0.384 e. The molecule has 1 unspecified atom stereocenters. The number of hydrogen-bond acceptors (Lipinski definition) is 2. The van der Waals surface area contributed by atoms with Crippen LogP contribution >= 0.6 is 0 Å². The van der Waals surface area contributed by atoms with Gasteiger partial charge in [-0.3, -0.25) is 0 Å². The van der Waals surface area contributed by atoms with Crippen molar-refractivity contribution in [3.63, 3.8) is 0 Å². The summed E-state index contributed by atoms with van der Waals surface area (Å²) in [6.07, 6.45) is 0. The van der Waals surface area contributed by atoms with Crippen molar-refractivity contribution in [1.82, 2.24) is 0 Å². The SMILES string of the molecule is Cc1ccc2c(c1)C(CN)CN2. The Morgan fingerprint density at radius 3 is 3.17 bits per heavy atom. The topological polar surface area (TPSA) is 38.0 Å². The molecule has 2 rings (SSSR count). The number of nitrogens with one attached hydrogen (secondary N) is 1. The molecular weight excluding hydrogens is 148 g/mol. The van der Waals surface area contributed by atoms with E-state index < -0.39 is 0 Å². The van der Waals surface area contributed by atoms with Crippen LogP contribution in [0, 0.1) is 6.92 Å². The Morgan fingerprint density at radius 1 is 1.58 bits per heavy atom. The van der Waals surface area contributed by atoms with Gasteiger partial charge in [0.1, 0.15) is 0 Å². The molecule has 0 spiro atoms. The van der Waals surface area contributed by atoms with Gasteiger partial charge in [-0.05, 0) is 18.6 Å². The fourth-order valence-electron chi connectivity index (χ4n) is 1.73. The number of benzene rings is 1. The van der Waals surface area contributed by atoms with Gasteiger partial charge in [0.25, 0.3) is 0 Å². The van der Waals surface area contributed by atoms with Crippen LogP contribution in [0.25, 0.3) is 0 Å². The quantitative estimate of drug-likeness (QED) is 0.656. The monoisotopic (exact) mass is 162 g/mol. The molecule has 1 aromatic rings. The van der Waals surface area contributed by atoms with E-state index in [4.69, 9.17) is 5.73 Å². The predicted octanol–water partition coefficient (Wildman–Crippen LogP) is 1.46. The molecule has 0 radical (unpaired) electrons. The molecule has 1 aromatic carbocycles. The van der Waals surface area contributed by atoms with Gasteiger partial charge in [-0.2, -0.15) is 0 Å². The second-order valence-electron chi connectivity index (χ2n) is 3.40. The smallest absolute Gasteiger partial charge is 0.0377 e. The third-order valence-corrected chi connectivity index (χ3v) is 2.47. The molecule has 1 heterocycles. The molecule has 12 heavy (non-hydrogen) atoms. The van der Waals surface area contributed by atoms with Crippen LogP contribution < -0.4 is 11.1 Å². The molecule has 2 heteroatoms. The molecule has 0 saturated heterocycles. The molecule has 0 saturated carbocycles. The van der Waals surface area contributed by atoms with Crippen molar-refractivity contribution in [3.05, 3.63) is 29.3 Å².